The number of benzene rings is 1. The summed E-state index contributed by atoms with van der Waals surface area (Å²) in [6, 6.07) is 9.90. The SMILES string of the molecule is CN(C)c1cccc([C@H]2CCCN2Cc2nnnn2C2CC2)c1. The Morgan fingerprint density at radius 1 is 1.22 bits per heavy atom. The van der Waals surface area contributed by atoms with E-state index in [1.165, 1.54) is 36.9 Å². The van der Waals surface area contributed by atoms with Crippen molar-refractivity contribution in [1.82, 2.24) is 25.1 Å². The molecule has 1 aromatic heterocycles. The lowest BCUT2D eigenvalue weighted by molar-refractivity contribution is 0.237. The van der Waals surface area contributed by atoms with Crippen molar-refractivity contribution in [1.29, 1.82) is 0 Å². The smallest absolute Gasteiger partial charge is 0.165 e. The second-order valence-electron chi connectivity index (χ2n) is 6.89. The van der Waals surface area contributed by atoms with Gasteiger partial charge in [-0.25, -0.2) is 4.68 Å². The summed E-state index contributed by atoms with van der Waals surface area (Å²) >= 11 is 0. The summed E-state index contributed by atoms with van der Waals surface area (Å²) in [5.41, 5.74) is 2.66. The molecule has 4 rings (SSSR count). The first-order chi connectivity index (χ1) is 11.2. The first-order valence-electron chi connectivity index (χ1n) is 8.50. The van der Waals surface area contributed by atoms with Gasteiger partial charge in [-0.3, -0.25) is 4.90 Å². The minimum absolute atomic E-state index is 0.472. The molecule has 1 aliphatic heterocycles. The molecule has 0 bridgehead atoms. The summed E-state index contributed by atoms with van der Waals surface area (Å²) in [5, 5.41) is 12.3. The summed E-state index contributed by atoms with van der Waals surface area (Å²) in [5.74, 6) is 1.02. The summed E-state index contributed by atoms with van der Waals surface area (Å²) in [6.07, 6.45) is 4.88. The van der Waals surface area contributed by atoms with E-state index in [4.69, 9.17) is 0 Å². The van der Waals surface area contributed by atoms with Gasteiger partial charge in [0.05, 0.1) is 12.6 Å². The van der Waals surface area contributed by atoms with Crippen molar-refractivity contribution in [3.63, 3.8) is 0 Å². The van der Waals surface area contributed by atoms with Crippen LogP contribution in [-0.4, -0.2) is 45.7 Å². The predicted molar refractivity (Wildman–Crippen MR) is 89.2 cm³/mol. The van der Waals surface area contributed by atoms with Crippen LogP contribution >= 0.6 is 0 Å². The van der Waals surface area contributed by atoms with Crippen molar-refractivity contribution in [3.05, 3.63) is 35.7 Å². The average Bonchev–Trinajstić information content (AvgIpc) is 3.12. The quantitative estimate of drug-likeness (QED) is 0.848. The van der Waals surface area contributed by atoms with Gasteiger partial charge in [-0.15, -0.1) is 5.10 Å². The molecule has 6 nitrogen and oxygen atoms in total. The van der Waals surface area contributed by atoms with Crippen LogP contribution in [0.3, 0.4) is 0 Å². The zero-order chi connectivity index (χ0) is 15.8. The highest BCUT2D eigenvalue weighted by Crippen LogP contribution is 2.37. The zero-order valence-electron chi connectivity index (χ0n) is 13.9. The zero-order valence-corrected chi connectivity index (χ0v) is 13.9. The lowest BCUT2D eigenvalue weighted by atomic mass is 10.0. The summed E-state index contributed by atoms with van der Waals surface area (Å²) in [4.78, 5) is 4.69. The van der Waals surface area contributed by atoms with E-state index in [-0.39, 0.29) is 0 Å². The molecule has 1 atom stereocenters. The Morgan fingerprint density at radius 3 is 2.87 bits per heavy atom. The van der Waals surface area contributed by atoms with Gasteiger partial charge >= 0.3 is 0 Å². The third-order valence-corrected chi connectivity index (χ3v) is 4.93. The van der Waals surface area contributed by atoms with Gasteiger partial charge in [-0.2, -0.15) is 0 Å². The molecule has 2 aromatic rings. The fraction of sp³-hybridized carbons (Fsp3) is 0.588. The minimum atomic E-state index is 0.472. The van der Waals surface area contributed by atoms with E-state index in [0.717, 1.165) is 18.9 Å². The molecule has 1 aromatic carbocycles. The molecule has 2 fully saturated rings. The van der Waals surface area contributed by atoms with E-state index >= 15 is 0 Å². The lowest BCUT2D eigenvalue weighted by Gasteiger charge is -2.25. The van der Waals surface area contributed by atoms with E-state index < -0.39 is 0 Å². The van der Waals surface area contributed by atoms with Gasteiger partial charge in [0.2, 0.25) is 0 Å². The van der Waals surface area contributed by atoms with E-state index in [1.54, 1.807) is 0 Å². The van der Waals surface area contributed by atoms with Crippen molar-refractivity contribution in [3.8, 4) is 0 Å². The van der Waals surface area contributed by atoms with Crippen LogP contribution < -0.4 is 4.90 Å². The number of tetrazole rings is 1. The first kappa shape index (κ1) is 14.6. The van der Waals surface area contributed by atoms with Gasteiger partial charge in [0.15, 0.2) is 5.82 Å². The molecular formula is C17H24N6. The lowest BCUT2D eigenvalue weighted by Crippen LogP contribution is -2.25. The molecule has 1 saturated carbocycles. The van der Waals surface area contributed by atoms with E-state index in [2.05, 4.69) is 63.7 Å². The number of nitrogens with zero attached hydrogens (tertiary/aromatic N) is 6. The molecule has 1 saturated heterocycles. The van der Waals surface area contributed by atoms with Crippen LogP contribution in [0, 0.1) is 0 Å². The van der Waals surface area contributed by atoms with Gasteiger partial charge in [-0.05, 0) is 60.4 Å². The highest BCUT2D eigenvalue weighted by atomic mass is 15.6. The summed E-state index contributed by atoms with van der Waals surface area (Å²) in [6.45, 7) is 1.97. The number of aromatic nitrogens is 4. The molecule has 0 N–H and O–H groups in total. The second-order valence-corrected chi connectivity index (χ2v) is 6.89. The van der Waals surface area contributed by atoms with Crippen molar-refractivity contribution >= 4 is 5.69 Å². The van der Waals surface area contributed by atoms with Crippen LogP contribution in [0.5, 0.6) is 0 Å². The number of hydrogen-bond donors (Lipinski definition) is 0. The van der Waals surface area contributed by atoms with Crippen LogP contribution in [0.25, 0.3) is 0 Å². The van der Waals surface area contributed by atoms with Gasteiger partial charge < -0.3 is 4.90 Å². The minimum Gasteiger partial charge on any atom is -0.378 e. The highest BCUT2D eigenvalue weighted by molar-refractivity contribution is 5.48. The fourth-order valence-electron chi connectivity index (χ4n) is 3.50. The Morgan fingerprint density at radius 2 is 2.09 bits per heavy atom. The van der Waals surface area contributed by atoms with Crippen LogP contribution in [0.2, 0.25) is 0 Å². The van der Waals surface area contributed by atoms with Crippen molar-refractivity contribution < 1.29 is 0 Å². The molecule has 0 spiro atoms. The fourth-order valence-corrected chi connectivity index (χ4v) is 3.50. The van der Waals surface area contributed by atoms with Crippen LogP contribution in [0.4, 0.5) is 5.69 Å². The maximum absolute atomic E-state index is 4.27. The van der Waals surface area contributed by atoms with Crippen molar-refractivity contribution in [2.75, 3.05) is 25.5 Å². The third-order valence-electron chi connectivity index (χ3n) is 4.93. The van der Waals surface area contributed by atoms with E-state index in [9.17, 15) is 0 Å². The second kappa shape index (κ2) is 5.92. The van der Waals surface area contributed by atoms with Gasteiger partial charge in [0, 0.05) is 25.8 Å². The van der Waals surface area contributed by atoms with Crippen LogP contribution in [0.15, 0.2) is 24.3 Å². The Labute approximate surface area is 137 Å². The van der Waals surface area contributed by atoms with Gasteiger partial charge in [-0.1, -0.05) is 12.1 Å². The molecule has 1 aliphatic carbocycles. The normalized spacial score (nSPS) is 21.7. The van der Waals surface area contributed by atoms with Crippen molar-refractivity contribution in [2.24, 2.45) is 0 Å². The highest BCUT2D eigenvalue weighted by Gasteiger charge is 2.31. The Bertz CT molecular complexity index is 675. The first-order valence-corrected chi connectivity index (χ1v) is 8.50. The largest absolute Gasteiger partial charge is 0.378 e. The average molecular weight is 312 g/mol. The maximum atomic E-state index is 4.27. The summed E-state index contributed by atoms with van der Waals surface area (Å²) in [7, 11) is 4.19. The van der Waals surface area contributed by atoms with Gasteiger partial charge in [0.1, 0.15) is 0 Å². The topological polar surface area (TPSA) is 50.1 Å². The molecule has 0 unspecified atom stereocenters. The van der Waals surface area contributed by atoms with Crippen molar-refractivity contribution in [2.45, 2.75) is 44.3 Å². The monoisotopic (exact) mass is 312 g/mol. The molecule has 6 heteroatoms. The number of anilines is 1. The number of likely N-dealkylation sites (tertiary alicyclic amines) is 1. The molecule has 122 valence electrons. The molecule has 2 aliphatic rings. The molecule has 0 radical (unpaired) electrons. The van der Waals surface area contributed by atoms with Gasteiger partial charge in [0.25, 0.3) is 0 Å². The number of hydrogen-bond acceptors (Lipinski definition) is 5. The number of rotatable bonds is 5. The molecule has 23 heavy (non-hydrogen) atoms. The Hall–Kier alpha value is -1.95. The van der Waals surface area contributed by atoms with Crippen LogP contribution in [-0.2, 0) is 6.54 Å². The van der Waals surface area contributed by atoms with E-state index in [0.29, 0.717) is 12.1 Å². The Balaban J connectivity index is 1.54. The summed E-state index contributed by atoms with van der Waals surface area (Å²) < 4.78 is 2.03. The maximum Gasteiger partial charge on any atom is 0.165 e. The molecule has 0 amide bonds. The molecule has 2 heterocycles. The van der Waals surface area contributed by atoms with E-state index in [1.807, 2.05) is 4.68 Å². The Kier molecular flexibility index (Phi) is 3.77. The predicted octanol–water partition coefficient (Wildman–Crippen LogP) is 2.41. The molecular weight excluding hydrogens is 288 g/mol. The third kappa shape index (κ3) is 2.95. The standard InChI is InChI=1S/C17H24N6/c1-21(2)15-6-3-5-13(11-15)16-7-4-10-22(16)12-17-18-19-20-23(17)14-8-9-14/h3,5-6,11,14,16H,4,7-10,12H2,1-2H3/t16-/m1/s1. The van der Waals surface area contributed by atoms with Crippen LogP contribution in [0.1, 0.15) is 49.2 Å².